The number of nitrogens with one attached hydrogen (secondary N) is 1. The van der Waals surface area contributed by atoms with Crippen LogP contribution in [0.2, 0.25) is 0 Å². The van der Waals surface area contributed by atoms with Crippen molar-refractivity contribution in [3.63, 3.8) is 0 Å². The monoisotopic (exact) mass is 303 g/mol. The normalized spacial score (nSPS) is 15.6. The Kier molecular flexibility index (Phi) is 6.37. The molecule has 0 radical (unpaired) electrons. The molecule has 1 aromatic heterocycles. The second-order valence-electron chi connectivity index (χ2n) is 5.76. The molecule has 0 bridgehead atoms. The largest absolute Gasteiger partial charge is 0.356 e. The minimum atomic E-state index is -0.0291. The summed E-state index contributed by atoms with van der Waals surface area (Å²) >= 11 is 0. The summed E-state index contributed by atoms with van der Waals surface area (Å²) < 4.78 is 0. The Morgan fingerprint density at radius 2 is 2.05 bits per heavy atom. The van der Waals surface area contributed by atoms with E-state index in [0.717, 1.165) is 38.0 Å². The van der Waals surface area contributed by atoms with Crippen molar-refractivity contribution in [1.29, 1.82) is 0 Å². The SMILES string of the molecule is CCCNC(=O)CCC(=O)N1CCC(c2ccccn2)CC1. The molecule has 0 atom stereocenters. The van der Waals surface area contributed by atoms with Crippen molar-refractivity contribution in [3.05, 3.63) is 30.1 Å². The molecule has 0 unspecified atom stereocenters. The zero-order valence-corrected chi connectivity index (χ0v) is 13.3. The molecule has 5 nitrogen and oxygen atoms in total. The highest BCUT2D eigenvalue weighted by atomic mass is 16.2. The van der Waals surface area contributed by atoms with Crippen LogP contribution in [-0.2, 0) is 9.59 Å². The first-order valence-electron chi connectivity index (χ1n) is 8.16. The summed E-state index contributed by atoms with van der Waals surface area (Å²) in [4.78, 5) is 30.0. The average Bonchev–Trinajstić information content (AvgIpc) is 2.58. The van der Waals surface area contributed by atoms with Crippen LogP contribution in [0.1, 0.15) is 50.6 Å². The summed E-state index contributed by atoms with van der Waals surface area (Å²) in [7, 11) is 0. The lowest BCUT2D eigenvalue weighted by Gasteiger charge is -2.31. The summed E-state index contributed by atoms with van der Waals surface area (Å²) in [5.41, 5.74) is 1.12. The van der Waals surface area contributed by atoms with Crippen molar-refractivity contribution >= 4 is 11.8 Å². The number of piperidine rings is 1. The number of amides is 2. The predicted octanol–water partition coefficient (Wildman–Crippen LogP) is 2.09. The van der Waals surface area contributed by atoms with Crippen LogP contribution < -0.4 is 5.32 Å². The minimum Gasteiger partial charge on any atom is -0.356 e. The van der Waals surface area contributed by atoms with E-state index >= 15 is 0 Å². The van der Waals surface area contributed by atoms with E-state index < -0.39 is 0 Å². The van der Waals surface area contributed by atoms with Gasteiger partial charge in [-0.05, 0) is 31.4 Å². The topological polar surface area (TPSA) is 62.3 Å². The molecule has 1 saturated heterocycles. The van der Waals surface area contributed by atoms with Gasteiger partial charge in [0.05, 0.1) is 0 Å². The lowest BCUT2D eigenvalue weighted by molar-refractivity contribution is -0.134. The van der Waals surface area contributed by atoms with Crippen LogP contribution in [-0.4, -0.2) is 41.3 Å². The number of likely N-dealkylation sites (tertiary alicyclic amines) is 1. The van der Waals surface area contributed by atoms with E-state index in [9.17, 15) is 9.59 Å². The Bertz CT molecular complexity index is 482. The van der Waals surface area contributed by atoms with E-state index in [1.54, 1.807) is 0 Å². The Labute approximate surface area is 132 Å². The molecule has 1 aromatic rings. The predicted molar refractivity (Wildman–Crippen MR) is 85.3 cm³/mol. The van der Waals surface area contributed by atoms with Gasteiger partial charge in [-0.25, -0.2) is 0 Å². The van der Waals surface area contributed by atoms with E-state index in [-0.39, 0.29) is 11.8 Å². The lowest BCUT2D eigenvalue weighted by atomic mass is 9.93. The van der Waals surface area contributed by atoms with Crippen LogP contribution in [0.5, 0.6) is 0 Å². The molecule has 0 aromatic carbocycles. The van der Waals surface area contributed by atoms with Gasteiger partial charge in [-0.1, -0.05) is 13.0 Å². The van der Waals surface area contributed by atoms with Crippen LogP contribution in [0.3, 0.4) is 0 Å². The molecule has 1 fully saturated rings. The van der Waals surface area contributed by atoms with Crippen LogP contribution in [0.4, 0.5) is 0 Å². The number of nitrogens with zero attached hydrogens (tertiary/aromatic N) is 2. The molecule has 120 valence electrons. The molecule has 2 heterocycles. The molecule has 0 saturated carbocycles. The third kappa shape index (κ3) is 4.83. The summed E-state index contributed by atoms with van der Waals surface area (Å²) in [5.74, 6) is 0.503. The number of rotatable bonds is 6. The maximum atomic E-state index is 12.1. The van der Waals surface area contributed by atoms with E-state index in [2.05, 4.69) is 16.4 Å². The molecular weight excluding hydrogens is 278 g/mol. The van der Waals surface area contributed by atoms with Gasteiger partial charge in [-0.15, -0.1) is 0 Å². The fourth-order valence-corrected chi connectivity index (χ4v) is 2.77. The summed E-state index contributed by atoms with van der Waals surface area (Å²) in [6.07, 6.45) is 5.24. The van der Waals surface area contributed by atoms with E-state index in [4.69, 9.17) is 0 Å². The summed E-state index contributed by atoms with van der Waals surface area (Å²) in [5, 5.41) is 2.80. The van der Waals surface area contributed by atoms with Crippen molar-refractivity contribution in [2.75, 3.05) is 19.6 Å². The number of carbonyl (C=O) groups is 2. The number of aromatic nitrogens is 1. The van der Waals surface area contributed by atoms with Crippen molar-refractivity contribution in [2.45, 2.75) is 44.9 Å². The van der Waals surface area contributed by atoms with Gasteiger partial charge in [-0.3, -0.25) is 14.6 Å². The van der Waals surface area contributed by atoms with Crippen molar-refractivity contribution in [2.24, 2.45) is 0 Å². The van der Waals surface area contributed by atoms with Gasteiger partial charge in [0.2, 0.25) is 11.8 Å². The van der Waals surface area contributed by atoms with Crippen molar-refractivity contribution in [1.82, 2.24) is 15.2 Å². The first-order valence-corrected chi connectivity index (χ1v) is 8.16. The van der Waals surface area contributed by atoms with Crippen LogP contribution in [0.15, 0.2) is 24.4 Å². The Morgan fingerprint density at radius 1 is 1.27 bits per heavy atom. The molecule has 0 aliphatic carbocycles. The van der Waals surface area contributed by atoms with Gasteiger partial charge in [0.25, 0.3) is 0 Å². The van der Waals surface area contributed by atoms with Crippen LogP contribution in [0, 0.1) is 0 Å². The number of pyridine rings is 1. The van der Waals surface area contributed by atoms with Gasteiger partial charge in [0.1, 0.15) is 0 Å². The third-order valence-corrected chi connectivity index (χ3v) is 4.09. The Balaban J connectivity index is 1.72. The Morgan fingerprint density at radius 3 is 2.68 bits per heavy atom. The van der Waals surface area contributed by atoms with Gasteiger partial charge in [-0.2, -0.15) is 0 Å². The highest BCUT2D eigenvalue weighted by Gasteiger charge is 2.24. The second kappa shape index (κ2) is 8.51. The maximum absolute atomic E-state index is 12.1. The highest BCUT2D eigenvalue weighted by molar-refractivity contribution is 5.83. The van der Waals surface area contributed by atoms with Crippen molar-refractivity contribution in [3.8, 4) is 0 Å². The maximum Gasteiger partial charge on any atom is 0.223 e. The number of carbonyl (C=O) groups excluding carboxylic acids is 2. The van der Waals surface area contributed by atoms with Gasteiger partial charge < -0.3 is 10.2 Å². The highest BCUT2D eigenvalue weighted by Crippen LogP contribution is 2.26. The molecule has 1 N–H and O–H groups in total. The van der Waals surface area contributed by atoms with E-state index in [1.807, 2.05) is 30.2 Å². The lowest BCUT2D eigenvalue weighted by Crippen LogP contribution is -2.38. The standard InChI is InChI=1S/C17H25N3O2/c1-2-10-19-16(21)6-7-17(22)20-12-8-14(9-13-20)15-5-3-4-11-18-15/h3-5,11,14H,2,6-10,12-13H2,1H3,(H,19,21). The Hall–Kier alpha value is -1.91. The molecule has 1 aliphatic heterocycles. The molecule has 2 amide bonds. The zero-order valence-electron chi connectivity index (χ0n) is 13.3. The molecule has 2 rings (SSSR count). The number of hydrogen-bond acceptors (Lipinski definition) is 3. The van der Waals surface area contributed by atoms with Crippen molar-refractivity contribution < 1.29 is 9.59 Å². The minimum absolute atomic E-state index is 0.0291. The van der Waals surface area contributed by atoms with Gasteiger partial charge in [0.15, 0.2) is 0 Å². The van der Waals surface area contributed by atoms with Gasteiger partial charge >= 0.3 is 0 Å². The second-order valence-corrected chi connectivity index (χ2v) is 5.76. The fraction of sp³-hybridized carbons (Fsp3) is 0.588. The molecule has 22 heavy (non-hydrogen) atoms. The zero-order chi connectivity index (χ0) is 15.8. The first-order chi connectivity index (χ1) is 10.7. The molecule has 5 heteroatoms. The average molecular weight is 303 g/mol. The fourth-order valence-electron chi connectivity index (χ4n) is 2.77. The third-order valence-electron chi connectivity index (χ3n) is 4.09. The molecular formula is C17H25N3O2. The summed E-state index contributed by atoms with van der Waals surface area (Å²) in [6.45, 7) is 4.22. The molecule has 1 aliphatic rings. The van der Waals surface area contributed by atoms with Crippen LogP contribution >= 0.6 is 0 Å². The van der Waals surface area contributed by atoms with Gasteiger partial charge in [0, 0.05) is 50.3 Å². The molecule has 0 spiro atoms. The van der Waals surface area contributed by atoms with E-state index in [0.29, 0.717) is 25.3 Å². The smallest absolute Gasteiger partial charge is 0.223 e. The first kappa shape index (κ1) is 16.5. The summed E-state index contributed by atoms with van der Waals surface area (Å²) in [6, 6.07) is 5.99. The quantitative estimate of drug-likeness (QED) is 0.875. The van der Waals surface area contributed by atoms with E-state index in [1.165, 1.54) is 0 Å². The van der Waals surface area contributed by atoms with Crippen LogP contribution in [0.25, 0.3) is 0 Å². The number of hydrogen-bond donors (Lipinski definition) is 1.